The maximum atomic E-state index is 13.5. The van der Waals surface area contributed by atoms with Crippen molar-refractivity contribution in [3.8, 4) is 5.75 Å². The van der Waals surface area contributed by atoms with Crippen LogP contribution in [0.4, 0.5) is 4.39 Å². The number of halogens is 1. The van der Waals surface area contributed by atoms with Crippen molar-refractivity contribution in [1.29, 1.82) is 0 Å². The molecule has 25 heavy (non-hydrogen) atoms. The van der Waals surface area contributed by atoms with Crippen LogP contribution in [0.1, 0.15) is 6.92 Å². The van der Waals surface area contributed by atoms with E-state index in [2.05, 4.69) is 10.4 Å². The number of hydrogen-bond acceptors (Lipinski definition) is 4. The molecule has 0 saturated heterocycles. The van der Waals surface area contributed by atoms with Crippen molar-refractivity contribution in [3.63, 3.8) is 0 Å². The monoisotopic (exact) mass is 344 g/mol. The maximum absolute atomic E-state index is 13.5. The molecule has 0 aliphatic rings. The zero-order valence-electron chi connectivity index (χ0n) is 13.6. The first-order valence-electron chi connectivity index (χ1n) is 7.75. The van der Waals surface area contributed by atoms with Crippen molar-refractivity contribution >= 4 is 11.6 Å². The van der Waals surface area contributed by atoms with Crippen LogP contribution in [-0.4, -0.2) is 32.7 Å². The highest BCUT2D eigenvalue weighted by Crippen LogP contribution is 2.15. The van der Waals surface area contributed by atoms with Gasteiger partial charge in [0.2, 0.25) is 5.91 Å². The van der Waals surface area contributed by atoms with Gasteiger partial charge in [-0.1, -0.05) is 18.2 Å². The third kappa shape index (κ3) is 3.85. The van der Waals surface area contributed by atoms with Crippen molar-refractivity contribution in [2.24, 2.45) is 0 Å². The second-order valence-electron chi connectivity index (χ2n) is 5.58. The number of amides is 1. The molecule has 7 nitrogen and oxygen atoms in total. The van der Waals surface area contributed by atoms with Gasteiger partial charge < -0.3 is 10.1 Å². The number of nitrogens with zero attached hydrogens (tertiary/aromatic N) is 3. The highest BCUT2D eigenvalue weighted by atomic mass is 19.1. The van der Waals surface area contributed by atoms with E-state index < -0.39 is 5.82 Å². The summed E-state index contributed by atoms with van der Waals surface area (Å²) in [5, 5.41) is 6.78. The molecule has 1 aromatic carbocycles. The lowest BCUT2D eigenvalue weighted by molar-refractivity contribution is -0.122. The SMILES string of the molecule is CC(COc1ccccc1F)NC(=O)Cn1nc2ccccn2c1=O. The van der Waals surface area contributed by atoms with E-state index in [1.165, 1.54) is 16.5 Å². The van der Waals surface area contributed by atoms with Crippen LogP contribution in [0, 0.1) is 5.82 Å². The molecule has 0 radical (unpaired) electrons. The summed E-state index contributed by atoms with van der Waals surface area (Å²) >= 11 is 0. The molecule has 0 fully saturated rings. The van der Waals surface area contributed by atoms with Gasteiger partial charge in [-0.2, -0.15) is 0 Å². The fourth-order valence-electron chi connectivity index (χ4n) is 2.35. The number of carbonyl (C=O) groups is 1. The lowest BCUT2D eigenvalue weighted by Gasteiger charge is -2.15. The van der Waals surface area contributed by atoms with Gasteiger partial charge in [-0.05, 0) is 31.2 Å². The molecule has 3 aromatic rings. The normalized spacial score (nSPS) is 12.1. The second kappa shape index (κ2) is 7.16. The molecular formula is C17H17FN4O3. The lowest BCUT2D eigenvalue weighted by atomic mass is 10.3. The number of aromatic nitrogens is 3. The molecule has 8 heteroatoms. The molecule has 1 atom stereocenters. The number of pyridine rings is 1. The number of rotatable bonds is 6. The summed E-state index contributed by atoms with van der Waals surface area (Å²) in [6.07, 6.45) is 1.59. The van der Waals surface area contributed by atoms with Crippen molar-refractivity contribution in [3.05, 3.63) is 65.0 Å². The van der Waals surface area contributed by atoms with Crippen LogP contribution < -0.4 is 15.7 Å². The van der Waals surface area contributed by atoms with Crippen LogP contribution in [0.5, 0.6) is 5.75 Å². The highest BCUT2D eigenvalue weighted by molar-refractivity contribution is 5.75. The minimum atomic E-state index is -0.461. The quantitative estimate of drug-likeness (QED) is 0.729. The molecule has 0 saturated carbocycles. The molecule has 1 N–H and O–H groups in total. The Labute approximate surface area is 142 Å². The summed E-state index contributed by atoms with van der Waals surface area (Å²) in [4.78, 5) is 24.2. The average molecular weight is 344 g/mol. The molecule has 0 aliphatic carbocycles. The van der Waals surface area contributed by atoms with Crippen molar-refractivity contribution in [1.82, 2.24) is 19.5 Å². The van der Waals surface area contributed by atoms with E-state index in [-0.39, 0.29) is 36.5 Å². The molecule has 1 amide bonds. The molecule has 2 heterocycles. The number of hydrogen-bond donors (Lipinski definition) is 1. The first-order chi connectivity index (χ1) is 12.0. The Hall–Kier alpha value is -3.16. The molecule has 2 aromatic heterocycles. The Balaban J connectivity index is 1.57. The van der Waals surface area contributed by atoms with Crippen LogP contribution in [0.3, 0.4) is 0 Å². The number of ether oxygens (including phenoxy) is 1. The minimum Gasteiger partial charge on any atom is -0.488 e. The third-order valence-electron chi connectivity index (χ3n) is 3.51. The number of para-hydroxylation sites is 1. The van der Waals surface area contributed by atoms with Crippen LogP contribution >= 0.6 is 0 Å². The standard InChI is InChI=1S/C17H17FN4O3/c1-12(11-25-14-7-3-2-6-13(14)18)19-16(23)10-22-17(24)21-9-5-4-8-15(21)20-22/h2-9,12H,10-11H2,1H3,(H,19,23). The predicted molar refractivity (Wildman–Crippen MR) is 89.0 cm³/mol. The summed E-state index contributed by atoms with van der Waals surface area (Å²) < 4.78 is 21.3. The molecule has 0 bridgehead atoms. The fraction of sp³-hybridized carbons (Fsp3) is 0.235. The van der Waals surface area contributed by atoms with E-state index in [9.17, 15) is 14.0 Å². The van der Waals surface area contributed by atoms with Gasteiger partial charge in [0.25, 0.3) is 0 Å². The number of nitrogens with one attached hydrogen (secondary N) is 1. The molecular weight excluding hydrogens is 327 g/mol. The van der Waals surface area contributed by atoms with Crippen LogP contribution in [0.2, 0.25) is 0 Å². The van der Waals surface area contributed by atoms with Gasteiger partial charge >= 0.3 is 5.69 Å². The van der Waals surface area contributed by atoms with Crippen molar-refractivity contribution in [2.45, 2.75) is 19.5 Å². The van der Waals surface area contributed by atoms with Crippen LogP contribution in [-0.2, 0) is 11.3 Å². The van der Waals surface area contributed by atoms with Gasteiger partial charge in [0, 0.05) is 6.20 Å². The molecule has 130 valence electrons. The number of fused-ring (bicyclic) bond motifs is 1. The van der Waals surface area contributed by atoms with Crippen molar-refractivity contribution in [2.75, 3.05) is 6.61 Å². The van der Waals surface area contributed by atoms with E-state index in [1.54, 1.807) is 43.5 Å². The van der Waals surface area contributed by atoms with E-state index in [0.29, 0.717) is 5.65 Å². The Kier molecular flexibility index (Phi) is 4.78. The summed E-state index contributed by atoms with van der Waals surface area (Å²) in [5.74, 6) is -0.715. The first kappa shape index (κ1) is 16.7. The molecule has 1 unspecified atom stereocenters. The van der Waals surface area contributed by atoms with E-state index in [0.717, 1.165) is 4.68 Å². The zero-order chi connectivity index (χ0) is 17.8. The summed E-state index contributed by atoms with van der Waals surface area (Å²) in [6, 6.07) is 10.8. The Morgan fingerprint density at radius 2 is 2.04 bits per heavy atom. The van der Waals surface area contributed by atoms with Crippen LogP contribution in [0.15, 0.2) is 53.5 Å². The maximum Gasteiger partial charge on any atom is 0.350 e. The highest BCUT2D eigenvalue weighted by Gasteiger charge is 2.13. The number of benzene rings is 1. The lowest BCUT2D eigenvalue weighted by Crippen LogP contribution is -2.40. The van der Waals surface area contributed by atoms with Gasteiger partial charge in [-0.3, -0.25) is 9.20 Å². The minimum absolute atomic E-state index is 0.104. The molecule has 0 aliphatic heterocycles. The summed E-state index contributed by atoms with van der Waals surface area (Å²) in [6.45, 7) is 1.63. The van der Waals surface area contributed by atoms with Gasteiger partial charge in [0.15, 0.2) is 17.2 Å². The Bertz CT molecular complexity index is 950. The van der Waals surface area contributed by atoms with Gasteiger partial charge in [-0.15, -0.1) is 5.10 Å². The Morgan fingerprint density at radius 3 is 2.80 bits per heavy atom. The van der Waals surface area contributed by atoms with Gasteiger partial charge in [0.1, 0.15) is 13.2 Å². The smallest absolute Gasteiger partial charge is 0.350 e. The fourth-order valence-corrected chi connectivity index (χ4v) is 2.35. The predicted octanol–water partition coefficient (Wildman–Crippen LogP) is 1.22. The second-order valence-corrected chi connectivity index (χ2v) is 5.58. The largest absolute Gasteiger partial charge is 0.488 e. The van der Waals surface area contributed by atoms with Crippen LogP contribution in [0.25, 0.3) is 5.65 Å². The molecule has 0 spiro atoms. The van der Waals surface area contributed by atoms with E-state index in [4.69, 9.17) is 4.74 Å². The number of carbonyl (C=O) groups excluding carboxylic acids is 1. The third-order valence-corrected chi connectivity index (χ3v) is 3.51. The first-order valence-corrected chi connectivity index (χ1v) is 7.75. The van der Waals surface area contributed by atoms with Gasteiger partial charge in [-0.25, -0.2) is 13.9 Å². The van der Waals surface area contributed by atoms with E-state index in [1.807, 2.05) is 0 Å². The Morgan fingerprint density at radius 1 is 1.28 bits per heavy atom. The summed E-state index contributed by atoms with van der Waals surface area (Å²) in [7, 11) is 0. The van der Waals surface area contributed by atoms with Crippen molar-refractivity contribution < 1.29 is 13.9 Å². The topological polar surface area (TPSA) is 77.6 Å². The zero-order valence-corrected chi connectivity index (χ0v) is 13.6. The van der Waals surface area contributed by atoms with E-state index >= 15 is 0 Å². The summed E-state index contributed by atoms with van der Waals surface area (Å²) in [5.41, 5.74) is 0.0808. The molecule has 3 rings (SSSR count). The average Bonchev–Trinajstić information content (AvgIpc) is 2.90. The van der Waals surface area contributed by atoms with Gasteiger partial charge in [0.05, 0.1) is 6.04 Å².